The molecule has 0 heterocycles. The predicted molar refractivity (Wildman–Crippen MR) is 131 cm³/mol. The van der Waals surface area contributed by atoms with E-state index in [1.54, 1.807) is 0 Å². The third kappa shape index (κ3) is 7.65. The molecule has 0 fully saturated rings. The quantitative estimate of drug-likeness (QED) is 0.438. The Labute approximate surface area is 188 Å². The molecule has 0 saturated carbocycles. The van der Waals surface area contributed by atoms with Crippen molar-refractivity contribution in [2.75, 3.05) is 10.6 Å². The lowest BCUT2D eigenvalue weighted by Gasteiger charge is -2.06. The largest absolute Gasteiger partial charge is 0.326 e. The molecule has 2 amide bonds. The number of anilines is 2. The second-order valence-corrected chi connectivity index (χ2v) is 7.39. The standard InChI is InChI=1S/C26H26N4O2/c1-19(17-25(31)29-21-9-5-3-6-10-21)27-23-13-15-24(16-14-23)28-20(2)18-26(32)30-22-11-7-4-8-12-22/h3-16H,17-18H2,1-2H3,(H,29,31)(H,30,32). The molecule has 162 valence electrons. The van der Waals surface area contributed by atoms with Crippen molar-refractivity contribution in [1.82, 2.24) is 0 Å². The van der Waals surface area contributed by atoms with Crippen LogP contribution in [0.5, 0.6) is 0 Å². The Morgan fingerprint density at radius 2 is 0.938 bits per heavy atom. The summed E-state index contributed by atoms with van der Waals surface area (Å²) in [7, 11) is 0. The van der Waals surface area contributed by atoms with Crippen LogP contribution >= 0.6 is 0 Å². The van der Waals surface area contributed by atoms with Crippen LogP contribution in [0.4, 0.5) is 22.7 Å². The van der Waals surface area contributed by atoms with Crippen LogP contribution in [-0.4, -0.2) is 23.2 Å². The van der Waals surface area contributed by atoms with Gasteiger partial charge in [0, 0.05) is 22.8 Å². The second-order valence-electron chi connectivity index (χ2n) is 7.39. The van der Waals surface area contributed by atoms with Gasteiger partial charge in [-0.05, 0) is 62.4 Å². The molecule has 32 heavy (non-hydrogen) atoms. The average molecular weight is 427 g/mol. The molecule has 0 atom stereocenters. The number of aliphatic imine (C=N–C) groups is 2. The lowest BCUT2D eigenvalue weighted by Crippen LogP contribution is -2.14. The monoisotopic (exact) mass is 426 g/mol. The molecule has 6 heteroatoms. The highest BCUT2D eigenvalue weighted by atomic mass is 16.2. The van der Waals surface area contributed by atoms with Gasteiger partial charge in [-0.2, -0.15) is 0 Å². The van der Waals surface area contributed by atoms with Gasteiger partial charge in [-0.25, -0.2) is 0 Å². The lowest BCUT2D eigenvalue weighted by molar-refractivity contribution is -0.115. The number of rotatable bonds is 8. The molecule has 0 aromatic heterocycles. The van der Waals surface area contributed by atoms with E-state index in [2.05, 4.69) is 20.6 Å². The minimum atomic E-state index is -0.108. The SMILES string of the molecule is CC(CC(=O)Nc1ccccc1)=Nc1ccc(N=C(C)CC(=O)Nc2ccccc2)cc1. The highest BCUT2D eigenvalue weighted by Crippen LogP contribution is 2.20. The van der Waals surface area contributed by atoms with E-state index in [1.165, 1.54) is 0 Å². The second kappa shape index (κ2) is 11.4. The van der Waals surface area contributed by atoms with Crippen molar-refractivity contribution < 1.29 is 9.59 Å². The lowest BCUT2D eigenvalue weighted by atomic mass is 10.2. The number of para-hydroxylation sites is 2. The molecule has 0 unspecified atom stereocenters. The first-order valence-corrected chi connectivity index (χ1v) is 10.4. The number of benzene rings is 3. The van der Waals surface area contributed by atoms with E-state index < -0.39 is 0 Å². The molecule has 0 aliphatic carbocycles. The number of amides is 2. The van der Waals surface area contributed by atoms with Crippen LogP contribution in [0.15, 0.2) is 94.9 Å². The molecule has 2 N–H and O–H groups in total. The molecule has 0 aliphatic rings. The molecular weight excluding hydrogens is 400 g/mol. The van der Waals surface area contributed by atoms with Crippen molar-refractivity contribution in [1.29, 1.82) is 0 Å². The molecule has 3 aromatic rings. The summed E-state index contributed by atoms with van der Waals surface area (Å²) in [5, 5.41) is 5.70. The number of hydrogen-bond acceptors (Lipinski definition) is 4. The number of hydrogen-bond donors (Lipinski definition) is 2. The number of nitrogens with zero attached hydrogens (tertiary/aromatic N) is 2. The smallest absolute Gasteiger partial charge is 0.230 e. The molecule has 0 spiro atoms. The van der Waals surface area contributed by atoms with Crippen LogP contribution in [0.3, 0.4) is 0 Å². The van der Waals surface area contributed by atoms with Crippen LogP contribution in [0, 0.1) is 0 Å². The maximum atomic E-state index is 12.1. The summed E-state index contributed by atoms with van der Waals surface area (Å²) in [6, 6.07) is 26.0. The van der Waals surface area contributed by atoms with Gasteiger partial charge in [0.25, 0.3) is 0 Å². The third-order valence-electron chi connectivity index (χ3n) is 4.44. The Morgan fingerprint density at radius 1 is 0.594 bits per heavy atom. The van der Waals surface area contributed by atoms with E-state index in [1.807, 2.05) is 98.8 Å². The van der Waals surface area contributed by atoms with Crippen LogP contribution in [0.2, 0.25) is 0 Å². The van der Waals surface area contributed by atoms with Gasteiger partial charge in [-0.1, -0.05) is 36.4 Å². The molecule has 3 aromatic carbocycles. The maximum Gasteiger partial charge on any atom is 0.230 e. The fourth-order valence-electron chi connectivity index (χ4n) is 3.04. The number of carbonyl (C=O) groups is 2. The molecule has 0 saturated heterocycles. The van der Waals surface area contributed by atoms with Gasteiger partial charge in [0.15, 0.2) is 0 Å². The first kappa shape index (κ1) is 22.6. The number of carbonyl (C=O) groups excluding carboxylic acids is 2. The van der Waals surface area contributed by atoms with Crippen molar-refractivity contribution in [3.05, 3.63) is 84.9 Å². The fraction of sp³-hybridized carbons (Fsp3) is 0.154. The number of nitrogens with one attached hydrogen (secondary N) is 2. The Hall–Kier alpha value is -4.06. The topological polar surface area (TPSA) is 82.9 Å². The van der Waals surface area contributed by atoms with Gasteiger partial charge >= 0.3 is 0 Å². The minimum Gasteiger partial charge on any atom is -0.326 e. The van der Waals surface area contributed by atoms with E-state index >= 15 is 0 Å². The summed E-state index contributed by atoms with van der Waals surface area (Å²) < 4.78 is 0. The summed E-state index contributed by atoms with van der Waals surface area (Å²) in [5.74, 6) is -0.217. The molecule has 0 radical (unpaired) electrons. The van der Waals surface area contributed by atoms with Crippen LogP contribution < -0.4 is 10.6 Å². The van der Waals surface area contributed by atoms with Crippen molar-refractivity contribution >= 4 is 46.0 Å². The summed E-state index contributed by atoms with van der Waals surface area (Å²) in [4.78, 5) is 33.3. The van der Waals surface area contributed by atoms with Gasteiger partial charge in [-0.15, -0.1) is 0 Å². The highest BCUT2D eigenvalue weighted by Gasteiger charge is 2.06. The van der Waals surface area contributed by atoms with Gasteiger partial charge in [0.1, 0.15) is 0 Å². The average Bonchev–Trinajstić information content (AvgIpc) is 2.76. The zero-order chi connectivity index (χ0) is 22.8. The highest BCUT2D eigenvalue weighted by molar-refractivity contribution is 6.07. The normalized spacial score (nSPS) is 11.7. The summed E-state index contributed by atoms with van der Waals surface area (Å²) in [6.07, 6.45) is 0.425. The van der Waals surface area contributed by atoms with Crippen molar-refractivity contribution in [3.63, 3.8) is 0 Å². The molecule has 3 rings (SSSR count). The maximum absolute atomic E-state index is 12.1. The Morgan fingerprint density at radius 3 is 1.28 bits per heavy atom. The van der Waals surface area contributed by atoms with E-state index in [4.69, 9.17) is 0 Å². The van der Waals surface area contributed by atoms with Crippen molar-refractivity contribution in [2.24, 2.45) is 9.98 Å². The summed E-state index contributed by atoms with van der Waals surface area (Å²) >= 11 is 0. The van der Waals surface area contributed by atoms with Gasteiger partial charge < -0.3 is 10.6 Å². The van der Waals surface area contributed by atoms with Crippen molar-refractivity contribution in [3.8, 4) is 0 Å². The molecule has 0 bridgehead atoms. The first-order valence-electron chi connectivity index (χ1n) is 10.4. The Balaban J connectivity index is 1.53. The zero-order valence-corrected chi connectivity index (χ0v) is 18.2. The van der Waals surface area contributed by atoms with Gasteiger partial charge in [0.2, 0.25) is 11.8 Å². The van der Waals surface area contributed by atoms with Crippen LogP contribution in [-0.2, 0) is 9.59 Å². The minimum absolute atomic E-state index is 0.108. The van der Waals surface area contributed by atoms with E-state index in [-0.39, 0.29) is 24.7 Å². The van der Waals surface area contributed by atoms with E-state index in [0.29, 0.717) is 11.4 Å². The Bertz CT molecular complexity index is 1020. The van der Waals surface area contributed by atoms with E-state index in [9.17, 15) is 9.59 Å². The van der Waals surface area contributed by atoms with Crippen LogP contribution in [0.1, 0.15) is 26.7 Å². The Kier molecular flexibility index (Phi) is 8.03. The fourth-order valence-corrected chi connectivity index (χ4v) is 3.04. The predicted octanol–water partition coefficient (Wildman–Crippen LogP) is 5.93. The molecular formula is C26H26N4O2. The van der Waals surface area contributed by atoms with E-state index in [0.717, 1.165) is 22.7 Å². The molecule has 0 aliphatic heterocycles. The molecule has 6 nitrogen and oxygen atoms in total. The van der Waals surface area contributed by atoms with Crippen molar-refractivity contribution in [2.45, 2.75) is 26.7 Å². The third-order valence-corrected chi connectivity index (χ3v) is 4.44. The first-order chi connectivity index (χ1) is 15.5. The van der Waals surface area contributed by atoms with Gasteiger partial charge in [-0.3, -0.25) is 19.6 Å². The summed E-state index contributed by atoms with van der Waals surface area (Å²) in [6.45, 7) is 3.65. The van der Waals surface area contributed by atoms with Gasteiger partial charge in [0.05, 0.1) is 24.2 Å². The summed E-state index contributed by atoms with van der Waals surface area (Å²) in [5.41, 5.74) is 4.44. The zero-order valence-electron chi connectivity index (χ0n) is 18.2. The van der Waals surface area contributed by atoms with Crippen LogP contribution in [0.25, 0.3) is 0 Å².